The van der Waals surface area contributed by atoms with Gasteiger partial charge in [-0.05, 0) is 36.8 Å². The van der Waals surface area contributed by atoms with Crippen LogP contribution in [0, 0.1) is 6.92 Å². The Balaban J connectivity index is 2.54. The van der Waals surface area contributed by atoms with Crippen LogP contribution in [0.3, 0.4) is 0 Å². The highest BCUT2D eigenvalue weighted by atomic mass is 35.5. The summed E-state index contributed by atoms with van der Waals surface area (Å²) in [5.41, 5.74) is 1.11. The predicted molar refractivity (Wildman–Crippen MR) is 89.2 cm³/mol. The minimum atomic E-state index is -3.92. The van der Waals surface area contributed by atoms with Crippen LogP contribution in [0.25, 0.3) is 0 Å². The number of aryl methyl sites for hydroxylation is 1. The largest absolute Gasteiger partial charge is 0.468 e. The number of hydrogen-bond donors (Lipinski definition) is 0. The van der Waals surface area contributed by atoms with E-state index in [9.17, 15) is 13.2 Å². The van der Waals surface area contributed by atoms with Crippen molar-refractivity contribution >= 4 is 33.3 Å². The molecule has 7 heteroatoms. The third-order valence-corrected chi connectivity index (χ3v) is 5.47. The number of methoxy groups -OCH3 is 1. The summed E-state index contributed by atoms with van der Waals surface area (Å²) in [5.74, 6) is -0.666. The predicted octanol–water partition coefficient (Wildman–Crippen LogP) is 3.02. The van der Waals surface area contributed by atoms with E-state index in [2.05, 4.69) is 4.74 Å². The first kappa shape index (κ1) is 17.3. The monoisotopic (exact) mass is 353 g/mol. The molecule has 0 aliphatic rings. The van der Waals surface area contributed by atoms with Crippen molar-refractivity contribution in [1.82, 2.24) is 0 Å². The molecule has 0 fully saturated rings. The first-order chi connectivity index (χ1) is 10.9. The van der Waals surface area contributed by atoms with Crippen LogP contribution in [-0.2, 0) is 19.6 Å². The number of carbonyl (C=O) groups excluding carboxylic acids is 1. The molecule has 122 valence electrons. The number of rotatable bonds is 5. The molecule has 2 aromatic rings. The molecule has 0 bridgehead atoms. The minimum absolute atomic E-state index is 0.0839. The number of carbonyl (C=O) groups is 1. The average molecular weight is 354 g/mol. The lowest BCUT2D eigenvalue weighted by Gasteiger charge is -2.23. The minimum Gasteiger partial charge on any atom is -0.468 e. The summed E-state index contributed by atoms with van der Waals surface area (Å²) < 4.78 is 31.3. The fraction of sp³-hybridized carbons (Fsp3) is 0.188. The summed E-state index contributed by atoms with van der Waals surface area (Å²) in [4.78, 5) is 11.7. The first-order valence-electron chi connectivity index (χ1n) is 6.77. The summed E-state index contributed by atoms with van der Waals surface area (Å²) >= 11 is 6.09. The maximum absolute atomic E-state index is 12.9. The van der Waals surface area contributed by atoms with Gasteiger partial charge in [-0.15, -0.1) is 0 Å². The van der Waals surface area contributed by atoms with E-state index in [1.807, 2.05) is 6.92 Å². The standard InChI is InChI=1S/C16H16ClNO4S/c1-12-8-9-13(10-15(12)17)18(11-16(19)22-2)23(20,21)14-6-4-3-5-7-14/h3-10H,11H2,1-2H3. The van der Waals surface area contributed by atoms with Crippen LogP contribution >= 0.6 is 11.6 Å². The van der Waals surface area contributed by atoms with E-state index in [-0.39, 0.29) is 4.90 Å². The van der Waals surface area contributed by atoms with Crippen molar-refractivity contribution < 1.29 is 17.9 Å². The molecular formula is C16H16ClNO4S. The molecule has 0 saturated heterocycles. The van der Waals surface area contributed by atoms with Crippen LogP contribution in [0.15, 0.2) is 53.4 Å². The van der Waals surface area contributed by atoms with E-state index in [4.69, 9.17) is 11.6 Å². The Labute approximate surface area is 140 Å². The van der Waals surface area contributed by atoms with Gasteiger partial charge >= 0.3 is 5.97 Å². The summed E-state index contributed by atoms with van der Waals surface area (Å²) in [6.45, 7) is 1.37. The number of esters is 1. The molecule has 0 heterocycles. The lowest BCUT2D eigenvalue weighted by molar-refractivity contribution is -0.138. The molecular weight excluding hydrogens is 338 g/mol. The lowest BCUT2D eigenvalue weighted by Crippen LogP contribution is -2.36. The van der Waals surface area contributed by atoms with Crippen molar-refractivity contribution in [2.45, 2.75) is 11.8 Å². The zero-order valence-corrected chi connectivity index (χ0v) is 14.3. The smallest absolute Gasteiger partial charge is 0.326 e. The van der Waals surface area contributed by atoms with Crippen molar-refractivity contribution in [2.75, 3.05) is 18.0 Å². The van der Waals surface area contributed by atoms with Crippen LogP contribution < -0.4 is 4.31 Å². The Morgan fingerprint density at radius 2 is 1.83 bits per heavy atom. The van der Waals surface area contributed by atoms with Gasteiger partial charge in [-0.3, -0.25) is 9.10 Å². The van der Waals surface area contributed by atoms with E-state index in [1.165, 1.54) is 25.3 Å². The van der Waals surface area contributed by atoms with Crippen molar-refractivity contribution in [3.8, 4) is 0 Å². The zero-order valence-electron chi connectivity index (χ0n) is 12.7. The molecule has 0 unspecified atom stereocenters. The first-order valence-corrected chi connectivity index (χ1v) is 8.59. The normalized spacial score (nSPS) is 11.1. The highest BCUT2D eigenvalue weighted by Gasteiger charge is 2.27. The lowest BCUT2D eigenvalue weighted by atomic mass is 10.2. The van der Waals surface area contributed by atoms with E-state index in [1.54, 1.807) is 30.3 Å². The molecule has 0 amide bonds. The van der Waals surface area contributed by atoms with Gasteiger partial charge in [0.2, 0.25) is 0 Å². The van der Waals surface area contributed by atoms with Crippen LogP contribution in [0.5, 0.6) is 0 Å². The van der Waals surface area contributed by atoms with Gasteiger partial charge in [0.05, 0.1) is 17.7 Å². The van der Waals surface area contributed by atoms with Crippen LogP contribution in [0.1, 0.15) is 5.56 Å². The third-order valence-electron chi connectivity index (χ3n) is 3.27. The topological polar surface area (TPSA) is 63.7 Å². The molecule has 2 aromatic carbocycles. The van der Waals surface area contributed by atoms with Gasteiger partial charge in [0.1, 0.15) is 6.54 Å². The molecule has 0 radical (unpaired) electrons. The van der Waals surface area contributed by atoms with E-state index in [0.29, 0.717) is 10.7 Å². The second-order valence-corrected chi connectivity index (χ2v) is 7.10. The Hall–Kier alpha value is -2.05. The Morgan fingerprint density at radius 1 is 1.17 bits per heavy atom. The SMILES string of the molecule is COC(=O)CN(c1ccc(C)c(Cl)c1)S(=O)(=O)c1ccccc1. The molecule has 0 spiro atoms. The number of nitrogens with zero attached hydrogens (tertiary/aromatic N) is 1. The van der Waals surface area contributed by atoms with E-state index >= 15 is 0 Å². The number of benzene rings is 2. The molecule has 0 atom stereocenters. The van der Waals surface area contributed by atoms with Gasteiger partial charge in [0.25, 0.3) is 10.0 Å². The summed E-state index contributed by atoms with van der Waals surface area (Å²) in [5, 5.41) is 0.417. The van der Waals surface area contributed by atoms with Crippen molar-refractivity contribution in [1.29, 1.82) is 0 Å². The molecule has 0 aliphatic carbocycles. The maximum atomic E-state index is 12.9. The Bertz CT molecular complexity index is 806. The second-order valence-electron chi connectivity index (χ2n) is 4.83. The summed E-state index contributed by atoms with van der Waals surface area (Å²) in [6, 6.07) is 12.7. The van der Waals surface area contributed by atoms with Crippen molar-refractivity contribution in [3.63, 3.8) is 0 Å². The van der Waals surface area contributed by atoms with Crippen LogP contribution in [-0.4, -0.2) is 28.0 Å². The fourth-order valence-electron chi connectivity index (χ4n) is 1.95. The molecule has 2 rings (SSSR count). The molecule has 0 aromatic heterocycles. The van der Waals surface area contributed by atoms with E-state index < -0.39 is 22.5 Å². The average Bonchev–Trinajstić information content (AvgIpc) is 2.55. The van der Waals surface area contributed by atoms with Gasteiger partial charge < -0.3 is 4.74 Å². The Morgan fingerprint density at radius 3 is 2.39 bits per heavy atom. The zero-order chi connectivity index (χ0) is 17.0. The quantitative estimate of drug-likeness (QED) is 0.775. The van der Waals surface area contributed by atoms with Crippen LogP contribution in [0.2, 0.25) is 5.02 Å². The number of halogens is 1. The number of anilines is 1. The maximum Gasteiger partial charge on any atom is 0.326 e. The Kier molecular flexibility index (Phi) is 5.28. The van der Waals surface area contributed by atoms with Gasteiger partial charge in [0, 0.05) is 5.02 Å². The van der Waals surface area contributed by atoms with Crippen molar-refractivity contribution in [2.24, 2.45) is 0 Å². The molecule has 5 nitrogen and oxygen atoms in total. The molecule has 0 N–H and O–H groups in total. The third kappa shape index (κ3) is 3.83. The molecule has 23 heavy (non-hydrogen) atoms. The van der Waals surface area contributed by atoms with Gasteiger partial charge in [-0.2, -0.15) is 0 Å². The van der Waals surface area contributed by atoms with E-state index in [0.717, 1.165) is 9.87 Å². The molecule has 0 aliphatic heterocycles. The number of ether oxygens (including phenoxy) is 1. The van der Waals surface area contributed by atoms with Gasteiger partial charge in [-0.25, -0.2) is 8.42 Å². The second kappa shape index (κ2) is 7.02. The summed E-state index contributed by atoms with van der Waals surface area (Å²) in [7, 11) is -2.71. The highest BCUT2D eigenvalue weighted by Crippen LogP contribution is 2.27. The van der Waals surface area contributed by atoms with Gasteiger partial charge in [-0.1, -0.05) is 35.9 Å². The fourth-order valence-corrected chi connectivity index (χ4v) is 3.55. The van der Waals surface area contributed by atoms with Gasteiger partial charge in [0.15, 0.2) is 0 Å². The number of hydrogen-bond acceptors (Lipinski definition) is 4. The number of sulfonamides is 1. The molecule has 0 saturated carbocycles. The summed E-state index contributed by atoms with van der Waals surface area (Å²) in [6.07, 6.45) is 0. The van der Waals surface area contributed by atoms with Crippen LogP contribution in [0.4, 0.5) is 5.69 Å². The van der Waals surface area contributed by atoms with Crippen molar-refractivity contribution in [3.05, 3.63) is 59.1 Å². The highest BCUT2D eigenvalue weighted by molar-refractivity contribution is 7.92.